The number of aromatic hydroxyl groups is 1. The van der Waals surface area contributed by atoms with E-state index >= 15 is 0 Å². The molecule has 0 unspecified atom stereocenters. The summed E-state index contributed by atoms with van der Waals surface area (Å²) in [6.07, 6.45) is 1.54. The van der Waals surface area contributed by atoms with Gasteiger partial charge in [0.25, 0.3) is 0 Å². The van der Waals surface area contributed by atoms with Gasteiger partial charge < -0.3 is 14.8 Å². The maximum atomic E-state index is 10.6. The lowest BCUT2D eigenvalue weighted by Crippen LogP contribution is -2.07. The van der Waals surface area contributed by atoms with Gasteiger partial charge in [0.15, 0.2) is 0 Å². The van der Waals surface area contributed by atoms with Gasteiger partial charge in [-0.1, -0.05) is 11.6 Å². The highest BCUT2D eigenvalue weighted by Crippen LogP contribution is 2.28. The molecule has 2 N–H and O–H groups in total. The normalized spacial score (nSPS) is 10.7. The number of nitrogens with zero attached hydrogens (tertiary/aromatic N) is 1. The van der Waals surface area contributed by atoms with E-state index in [1.807, 2.05) is 0 Å². The van der Waals surface area contributed by atoms with E-state index in [1.165, 1.54) is 16.7 Å². The van der Waals surface area contributed by atoms with E-state index in [-0.39, 0.29) is 12.3 Å². The van der Waals surface area contributed by atoms with Crippen molar-refractivity contribution in [3.63, 3.8) is 0 Å². The molecule has 0 radical (unpaired) electrons. The number of hydrogen-bond acceptors (Lipinski definition) is 2. The number of phenolic OH excluding ortho intramolecular Hbond substituents is 1. The molecule has 0 aliphatic heterocycles. The second-order valence-corrected chi connectivity index (χ2v) is 3.61. The van der Waals surface area contributed by atoms with Crippen molar-refractivity contribution in [1.29, 1.82) is 0 Å². The van der Waals surface area contributed by atoms with Crippen LogP contribution in [0, 0.1) is 0 Å². The number of aromatic nitrogens is 1. The third kappa shape index (κ3) is 1.76. The highest BCUT2D eigenvalue weighted by atomic mass is 35.5. The Labute approximate surface area is 90.3 Å². The third-order valence-corrected chi connectivity index (χ3v) is 2.42. The van der Waals surface area contributed by atoms with Gasteiger partial charge in [-0.25, -0.2) is 0 Å². The van der Waals surface area contributed by atoms with Gasteiger partial charge in [-0.3, -0.25) is 4.79 Å². The van der Waals surface area contributed by atoms with Crippen molar-refractivity contribution in [1.82, 2.24) is 4.57 Å². The molecule has 0 spiro atoms. The molecule has 2 aromatic rings. The first-order chi connectivity index (χ1) is 7.08. The maximum Gasteiger partial charge on any atom is 0.323 e. The summed E-state index contributed by atoms with van der Waals surface area (Å²) < 4.78 is 1.49. The molecule has 1 aromatic heterocycles. The quantitative estimate of drug-likeness (QED) is 0.823. The summed E-state index contributed by atoms with van der Waals surface area (Å²) in [7, 11) is 0. The number of carbonyl (C=O) groups is 1. The first kappa shape index (κ1) is 9.86. The van der Waals surface area contributed by atoms with Crippen molar-refractivity contribution in [3.05, 3.63) is 29.4 Å². The zero-order chi connectivity index (χ0) is 11.0. The summed E-state index contributed by atoms with van der Waals surface area (Å²) in [5.41, 5.74) is 0.613. The average molecular weight is 226 g/mol. The van der Waals surface area contributed by atoms with Crippen LogP contribution < -0.4 is 0 Å². The lowest BCUT2D eigenvalue weighted by atomic mass is 10.2. The van der Waals surface area contributed by atoms with Gasteiger partial charge in [-0.05, 0) is 12.1 Å². The molecule has 0 atom stereocenters. The first-order valence-corrected chi connectivity index (χ1v) is 4.65. The zero-order valence-electron chi connectivity index (χ0n) is 7.64. The number of carboxylic acid groups (broad SMARTS) is 1. The molecule has 0 aliphatic rings. The number of hydrogen-bond donors (Lipinski definition) is 2. The van der Waals surface area contributed by atoms with E-state index in [9.17, 15) is 9.90 Å². The lowest BCUT2D eigenvalue weighted by Gasteiger charge is -2.00. The van der Waals surface area contributed by atoms with Crippen molar-refractivity contribution < 1.29 is 15.0 Å². The molecule has 0 fully saturated rings. The fraction of sp³-hybridized carbons (Fsp3) is 0.100. The molecule has 2 rings (SSSR count). The fourth-order valence-corrected chi connectivity index (χ4v) is 1.79. The summed E-state index contributed by atoms with van der Waals surface area (Å²) >= 11 is 5.92. The number of carboxylic acids is 1. The molecule has 0 saturated heterocycles. The van der Waals surface area contributed by atoms with Crippen LogP contribution in [0.4, 0.5) is 0 Å². The molecule has 4 nitrogen and oxygen atoms in total. The number of benzene rings is 1. The third-order valence-electron chi connectivity index (χ3n) is 2.12. The molecule has 0 bridgehead atoms. The molecule has 0 aliphatic carbocycles. The second-order valence-electron chi connectivity index (χ2n) is 3.20. The number of rotatable bonds is 2. The monoisotopic (exact) mass is 225 g/mol. The fourth-order valence-electron chi connectivity index (χ4n) is 1.51. The van der Waals surface area contributed by atoms with E-state index in [4.69, 9.17) is 16.7 Å². The second kappa shape index (κ2) is 3.47. The molecule has 78 valence electrons. The van der Waals surface area contributed by atoms with Crippen molar-refractivity contribution in [2.45, 2.75) is 6.54 Å². The Morgan fingerprint density at radius 3 is 2.87 bits per heavy atom. The average Bonchev–Trinajstić information content (AvgIpc) is 2.42. The highest BCUT2D eigenvalue weighted by molar-refractivity contribution is 6.35. The van der Waals surface area contributed by atoms with Gasteiger partial charge in [0.05, 0.1) is 10.5 Å². The number of aliphatic carboxylic acids is 1. The van der Waals surface area contributed by atoms with Crippen molar-refractivity contribution in [3.8, 4) is 5.75 Å². The SMILES string of the molecule is O=C(O)Cn1cc(Cl)c2ccc(O)cc21. The van der Waals surface area contributed by atoms with Gasteiger partial charge in [-0.15, -0.1) is 0 Å². The van der Waals surface area contributed by atoms with Crippen LogP contribution >= 0.6 is 11.6 Å². The smallest absolute Gasteiger partial charge is 0.323 e. The van der Waals surface area contributed by atoms with E-state index in [2.05, 4.69) is 0 Å². The van der Waals surface area contributed by atoms with E-state index in [0.29, 0.717) is 10.5 Å². The topological polar surface area (TPSA) is 62.5 Å². The number of halogens is 1. The van der Waals surface area contributed by atoms with Gasteiger partial charge in [-0.2, -0.15) is 0 Å². The molecule has 1 aromatic carbocycles. The highest BCUT2D eigenvalue weighted by Gasteiger charge is 2.09. The van der Waals surface area contributed by atoms with Crippen LogP contribution in [0.15, 0.2) is 24.4 Å². The predicted octanol–water partition coefficient (Wildman–Crippen LogP) is 2.08. The standard InChI is InChI=1S/C10H8ClNO3/c11-8-4-12(5-10(14)15)9-3-6(13)1-2-7(8)9/h1-4,13H,5H2,(H,14,15). The van der Waals surface area contributed by atoms with Crippen molar-refractivity contribution >= 4 is 28.5 Å². The van der Waals surface area contributed by atoms with Crippen LogP contribution in [0.2, 0.25) is 5.02 Å². The summed E-state index contributed by atoms with van der Waals surface area (Å²) in [6, 6.07) is 4.66. The minimum Gasteiger partial charge on any atom is -0.508 e. The lowest BCUT2D eigenvalue weighted by molar-refractivity contribution is -0.137. The molecular formula is C10H8ClNO3. The van der Waals surface area contributed by atoms with Crippen LogP contribution in [-0.2, 0) is 11.3 Å². The first-order valence-electron chi connectivity index (χ1n) is 4.27. The van der Waals surface area contributed by atoms with E-state index in [1.54, 1.807) is 12.3 Å². The van der Waals surface area contributed by atoms with Crippen LogP contribution in [0.25, 0.3) is 10.9 Å². The number of phenols is 1. The van der Waals surface area contributed by atoms with Crippen LogP contribution in [-0.4, -0.2) is 20.7 Å². The van der Waals surface area contributed by atoms with E-state index < -0.39 is 5.97 Å². The summed E-state index contributed by atoms with van der Waals surface area (Å²) in [5, 5.41) is 19.2. The molecule has 0 amide bonds. The van der Waals surface area contributed by atoms with Crippen LogP contribution in [0.5, 0.6) is 5.75 Å². The summed E-state index contributed by atoms with van der Waals surface area (Å²) in [6.45, 7) is -0.174. The molecule has 5 heteroatoms. The van der Waals surface area contributed by atoms with Crippen molar-refractivity contribution in [2.75, 3.05) is 0 Å². The van der Waals surface area contributed by atoms with Gasteiger partial charge in [0.1, 0.15) is 12.3 Å². The molecular weight excluding hydrogens is 218 g/mol. The van der Waals surface area contributed by atoms with E-state index in [0.717, 1.165) is 5.39 Å². The molecule has 0 saturated carbocycles. The minimum absolute atomic E-state index is 0.0869. The van der Waals surface area contributed by atoms with Gasteiger partial charge in [0, 0.05) is 17.6 Å². The predicted molar refractivity (Wildman–Crippen MR) is 56.2 cm³/mol. The Morgan fingerprint density at radius 1 is 1.47 bits per heavy atom. The Hall–Kier alpha value is -1.68. The van der Waals surface area contributed by atoms with Crippen LogP contribution in [0.3, 0.4) is 0 Å². The van der Waals surface area contributed by atoms with Gasteiger partial charge >= 0.3 is 5.97 Å². The Balaban J connectivity index is 2.64. The maximum absolute atomic E-state index is 10.6. The minimum atomic E-state index is -0.952. The largest absolute Gasteiger partial charge is 0.508 e. The number of fused-ring (bicyclic) bond motifs is 1. The van der Waals surface area contributed by atoms with Crippen LogP contribution in [0.1, 0.15) is 0 Å². The molecule has 1 heterocycles. The summed E-state index contributed by atoms with van der Waals surface area (Å²) in [5.74, 6) is -0.865. The Kier molecular flexibility index (Phi) is 2.28. The molecule has 15 heavy (non-hydrogen) atoms. The Morgan fingerprint density at radius 2 is 2.20 bits per heavy atom. The Bertz CT molecular complexity index is 533. The zero-order valence-corrected chi connectivity index (χ0v) is 8.40. The summed E-state index contributed by atoms with van der Waals surface area (Å²) in [4.78, 5) is 10.6. The van der Waals surface area contributed by atoms with Crippen molar-refractivity contribution in [2.24, 2.45) is 0 Å². The van der Waals surface area contributed by atoms with Gasteiger partial charge in [0.2, 0.25) is 0 Å².